The number of aliphatic imine (C=N–C) groups is 1. The molecule has 0 fully saturated rings. The number of aliphatic hydroxyl groups excluding tert-OH is 1. The van der Waals surface area contributed by atoms with Crippen LogP contribution in [0.1, 0.15) is 27.2 Å². The molecule has 0 atom stereocenters. The van der Waals surface area contributed by atoms with Gasteiger partial charge in [-0.2, -0.15) is 5.10 Å². The number of benzene rings is 1. The minimum Gasteiger partial charge on any atom is -0.491 e. The van der Waals surface area contributed by atoms with Gasteiger partial charge < -0.3 is 15.6 Å². The van der Waals surface area contributed by atoms with Gasteiger partial charge in [0.2, 0.25) is 0 Å². The van der Waals surface area contributed by atoms with Crippen LogP contribution in [0, 0.1) is 0 Å². The van der Waals surface area contributed by atoms with E-state index in [0.717, 1.165) is 28.8 Å². The first-order valence-corrected chi connectivity index (χ1v) is 9.62. The van der Waals surface area contributed by atoms with Crippen LogP contribution in [0.3, 0.4) is 0 Å². The highest BCUT2D eigenvalue weighted by Gasteiger charge is 2.15. The number of fused-ring (bicyclic) bond motifs is 1. The molecule has 0 spiro atoms. The van der Waals surface area contributed by atoms with Gasteiger partial charge >= 0.3 is 0 Å². The molecule has 152 valence electrons. The highest BCUT2D eigenvalue weighted by atomic mass is 16.5. The lowest BCUT2D eigenvalue weighted by atomic mass is 10.2. The molecule has 0 saturated heterocycles. The Hall–Kier alpha value is -3.26. The van der Waals surface area contributed by atoms with Gasteiger partial charge in [0.05, 0.1) is 11.6 Å². The Morgan fingerprint density at radius 3 is 2.86 bits per heavy atom. The Labute approximate surface area is 169 Å². The van der Waals surface area contributed by atoms with Crippen LogP contribution < -0.4 is 10.5 Å². The maximum Gasteiger partial charge on any atom is 0.182 e. The third-order valence-corrected chi connectivity index (χ3v) is 4.22. The first-order chi connectivity index (χ1) is 14.0. The van der Waals surface area contributed by atoms with Crippen molar-refractivity contribution in [2.75, 3.05) is 6.61 Å². The lowest BCUT2D eigenvalue weighted by Crippen LogP contribution is -2.05. The van der Waals surface area contributed by atoms with Gasteiger partial charge in [-0.05, 0) is 57.2 Å². The summed E-state index contributed by atoms with van der Waals surface area (Å²) in [6.07, 6.45) is 5.18. The molecular formula is C21H26N6O2. The number of aromatic nitrogens is 4. The number of aryl methyl sites for hydroxylation is 1. The molecule has 3 aromatic rings. The minimum absolute atomic E-state index is 0.00526. The summed E-state index contributed by atoms with van der Waals surface area (Å²) >= 11 is 0. The van der Waals surface area contributed by atoms with E-state index in [1.807, 2.05) is 43.7 Å². The number of hydrogen-bond acceptors (Lipinski definition) is 7. The molecule has 3 rings (SSSR count). The lowest BCUT2D eigenvalue weighted by Gasteiger charge is -2.09. The lowest BCUT2D eigenvalue weighted by molar-refractivity contribution is 0.243. The highest BCUT2D eigenvalue weighted by Crippen LogP contribution is 2.30. The SMILES string of the molecule is CCn1nc(-c2nccc(N=CC(=CN)CCO)n2)c2cc(OC(C)C)ccc21. The Kier molecular flexibility index (Phi) is 6.56. The van der Waals surface area contributed by atoms with E-state index >= 15 is 0 Å². The molecule has 2 aromatic heterocycles. The molecule has 0 amide bonds. The van der Waals surface area contributed by atoms with E-state index in [2.05, 4.69) is 15.0 Å². The van der Waals surface area contributed by atoms with E-state index in [9.17, 15) is 0 Å². The average Bonchev–Trinajstić information content (AvgIpc) is 3.09. The summed E-state index contributed by atoms with van der Waals surface area (Å²) < 4.78 is 7.76. The van der Waals surface area contributed by atoms with Gasteiger partial charge in [0.1, 0.15) is 11.4 Å². The fraction of sp³-hybridized carbons (Fsp3) is 0.333. The average molecular weight is 394 g/mol. The maximum atomic E-state index is 9.06. The van der Waals surface area contributed by atoms with Gasteiger partial charge in [-0.1, -0.05) is 0 Å². The number of aliphatic hydroxyl groups is 1. The van der Waals surface area contributed by atoms with Crippen molar-refractivity contribution in [2.24, 2.45) is 10.7 Å². The number of nitrogens with two attached hydrogens (primary N) is 1. The van der Waals surface area contributed by atoms with Crippen molar-refractivity contribution in [3.8, 4) is 17.3 Å². The van der Waals surface area contributed by atoms with Gasteiger partial charge in [-0.15, -0.1) is 0 Å². The first kappa shape index (κ1) is 20.5. The molecule has 0 radical (unpaired) electrons. The summed E-state index contributed by atoms with van der Waals surface area (Å²) in [4.78, 5) is 13.3. The predicted octanol–water partition coefficient (Wildman–Crippen LogP) is 3.23. The standard InChI is InChI=1S/C21H26N6O2/c1-4-27-18-6-5-16(29-14(2)3)11-17(18)20(26-27)21-23-9-7-19(25-21)24-13-15(12-22)8-10-28/h5-7,9,11-14,28H,4,8,10,22H2,1-3H3. The minimum atomic E-state index is 0.00526. The molecular weight excluding hydrogens is 368 g/mol. The summed E-state index contributed by atoms with van der Waals surface area (Å²) in [5, 5.41) is 14.7. The molecule has 1 aromatic carbocycles. The predicted molar refractivity (Wildman–Crippen MR) is 114 cm³/mol. The van der Waals surface area contributed by atoms with Crippen molar-refractivity contribution in [1.82, 2.24) is 19.7 Å². The summed E-state index contributed by atoms with van der Waals surface area (Å²) in [5.41, 5.74) is 7.95. The Bertz CT molecular complexity index is 1040. The molecule has 2 heterocycles. The third kappa shape index (κ3) is 4.78. The summed E-state index contributed by atoms with van der Waals surface area (Å²) in [6.45, 7) is 6.76. The molecule has 29 heavy (non-hydrogen) atoms. The molecule has 0 bridgehead atoms. The van der Waals surface area contributed by atoms with Crippen LogP contribution in [-0.4, -0.2) is 43.8 Å². The molecule has 8 heteroatoms. The second-order valence-corrected chi connectivity index (χ2v) is 6.72. The van der Waals surface area contributed by atoms with Gasteiger partial charge in [0, 0.05) is 37.0 Å². The maximum absolute atomic E-state index is 9.06. The zero-order valence-corrected chi connectivity index (χ0v) is 16.9. The van der Waals surface area contributed by atoms with Crippen molar-refractivity contribution in [1.29, 1.82) is 0 Å². The monoisotopic (exact) mass is 394 g/mol. The third-order valence-electron chi connectivity index (χ3n) is 4.22. The van der Waals surface area contributed by atoms with Crippen LogP contribution in [0.4, 0.5) is 5.82 Å². The molecule has 0 saturated carbocycles. The molecule has 0 aliphatic carbocycles. The van der Waals surface area contributed by atoms with Gasteiger partial charge in [-0.25, -0.2) is 15.0 Å². The van der Waals surface area contributed by atoms with E-state index < -0.39 is 0 Å². The van der Waals surface area contributed by atoms with Crippen molar-refractivity contribution >= 4 is 22.9 Å². The van der Waals surface area contributed by atoms with Gasteiger partial charge in [0.15, 0.2) is 11.6 Å². The van der Waals surface area contributed by atoms with Crippen molar-refractivity contribution in [3.05, 3.63) is 42.2 Å². The van der Waals surface area contributed by atoms with E-state index in [4.69, 9.17) is 20.7 Å². The second kappa shape index (κ2) is 9.29. The van der Waals surface area contributed by atoms with E-state index in [-0.39, 0.29) is 12.7 Å². The Morgan fingerprint density at radius 1 is 1.34 bits per heavy atom. The van der Waals surface area contributed by atoms with Crippen LogP contribution in [0.5, 0.6) is 5.75 Å². The topological polar surface area (TPSA) is 111 Å². The largest absolute Gasteiger partial charge is 0.491 e. The highest BCUT2D eigenvalue weighted by molar-refractivity contribution is 5.92. The van der Waals surface area contributed by atoms with Crippen LogP contribution in [0.15, 0.2) is 47.2 Å². The molecule has 8 nitrogen and oxygen atoms in total. The van der Waals surface area contributed by atoms with Crippen LogP contribution in [-0.2, 0) is 6.54 Å². The fourth-order valence-corrected chi connectivity index (χ4v) is 2.91. The molecule has 0 aliphatic rings. The van der Waals surface area contributed by atoms with Gasteiger partial charge in [-0.3, -0.25) is 4.68 Å². The molecule has 0 aliphatic heterocycles. The zero-order chi connectivity index (χ0) is 20.8. The summed E-state index contributed by atoms with van der Waals surface area (Å²) in [5.74, 6) is 1.75. The van der Waals surface area contributed by atoms with Gasteiger partial charge in [0.25, 0.3) is 0 Å². The van der Waals surface area contributed by atoms with Crippen molar-refractivity contribution in [3.63, 3.8) is 0 Å². The van der Waals surface area contributed by atoms with Crippen LogP contribution in [0.25, 0.3) is 22.4 Å². The normalized spacial score (nSPS) is 12.4. The molecule has 3 N–H and O–H groups in total. The zero-order valence-electron chi connectivity index (χ0n) is 16.9. The number of hydrogen-bond donors (Lipinski definition) is 2. The van der Waals surface area contributed by atoms with Crippen molar-refractivity contribution in [2.45, 2.75) is 39.8 Å². The smallest absolute Gasteiger partial charge is 0.182 e. The van der Waals surface area contributed by atoms with E-state index in [0.29, 0.717) is 23.8 Å². The van der Waals surface area contributed by atoms with Crippen LogP contribution in [0.2, 0.25) is 0 Å². The van der Waals surface area contributed by atoms with Crippen molar-refractivity contribution < 1.29 is 9.84 Å². The fourth-order valence-electron chi connectivity index (χ4n) is 2.91. The molecule has 0 unspecified atom stereocenters. The second-order valence-electron chi connectivity index (χ2n) is 6.72. The number of nitrogens with zero attached hydrogens (tertiary/aromatic N) is 5. The quantitative estimate of drug-likeness (QED) is 0.567. The van der Waals surface area contributed by atoms with Crippen LogP contribution >= 0.6 is 0 Å². The van der Waals surface area contributed by atoms with E-state index in [1.165, 1.54) is 6.20 Å². The van der Waals surface area contributed by atoms with E-state index in [1.54, 1.807) is 18.5 Å². The first-order valence-electron chi connectivity index (χ1n) is 9.62. The Balaban J connectivity index is 2.02. The Morgan fingerprint density at radius 2 is 2.17 bits per heavy atom. The summed E-state index contributed by atoms with van der Waals surface area (Å²) in [7, 11) is 0. The number of rotatable bonds is 8. The summed E-state index contributed by atoms with van der Waals surface area (Å²) in [6, 6.07) is 7.63. The number of ether oxygens (including phenoxy) is 1.